The number of aliphatic hydroxyl groups is 1. The minimum Gasteiger partial charge on any atom is -0.480 e. The van der Waals surface area contributed by atoms with E-state index in [-0.39, 0.29) is 5.91 Å². The highest BCUT2D eigenvalue weighted by Crippen LogP contribution is 2.29. The molecule has 5 heteroatoms. The highest BCUT2D eigenvalue weighted by Gasteiger charge is 2.17. The summed E-state index contributed by atoms with van der Waals surface area (Å²) in [4.78, 5) is 11.8. The maximum Gasteiger partial charge on any atom is 0.260 e. The van der Waals surface area contributed by atoms with Gasteiger partial charge in [0.05, 0.1) is 6.10 Å². The molecular weight excluding hydrogens is 310 g/mol. The summed E-state index contributed by atoms with van der Waals surface area (Å²) >= 11 is 3.35. The maximum atomic E-state index is 11.8. The van der Waals surface area contributed by atoms with Crippen molar-refractivity contribution in [1.29, 1.82) is 0 Å². The van der Waals surface area contributed by atoms with Crippen LogP contribution in [0, 0.1) is 0 Å². The van der Waals surface area contributed by atoms with E-state index in [4.69, 9.17) is 4.74 Å². The molecular formula is C14H20BrNO3. The van der Waals surface area contributed by atoms with Crippen LogP contribution in [0.2, 0.25) is 0 Å². The Balaban J connectivity index is 2.80. The minimum atomic E-state index is -0.644. The van der Waals surface area contributed by atoms with Crippen molar-refractivity contribution < 1.29 is 14.6 Å². The van der Waals surface area contributed by atoms with Crippen molar-refractivity contribution in [2.24, 2.45) is 0 Å². The smallest absolute Gasteiger partial charge is 0.260 e. The SMILES string of the molecule is CCCNC(=O)C(C)Oc1cc(Br)ccc1[C@@H](C)O. The van der Waals surface area contributed by atoms with Crippen molar-refractivity contribution in [2.45, 2.75) is 39.4 Å². The number of hydrogen-bond acceptors (Lipinski definition) is 3. The summed E-state index contributed by atoms with van der Waals surface area (Å²) in [6.07, 6.45) is -0.360. The lowest BCUT2D eigenvalue weighted by atomic mass is 10.1. The number of halogens is 1. The van der Waals surface area contributed by atoms with E-state index < -0.39 is 12.2 Å². The van der Waals surface area contributed by atoms with Crippen LogP contribution in [0.3, 0.4) is 0 Å². The first-order valence-corrected chi connectivity index (χ1v) is 7.16. The molecule has 0 fully saturated rings. The third-order valence-electron chi connectivity index (χ3n) is 2.65. The second kappa shape index (κ2) is 7.50. The molecule has 2 atom stereocenters. The van der Waals surface area contributed by atoms with Crippen LogP contribution in [0.25, 0.3) is 0 Å². The van der Waals surface area contributed by atoms with Gasteiger partial charge in [0.25, 0.3) is 5.91 Å². The maximum absolute atomic E-state index is 11.8. The van der Waals surface area contributed by atoms with E-state index in [1.165, 1.54) is 0 Å². The number of benzene rings is 1. The van der Waals surface area contributed by atoms with E-state index in [1.54, 1.807) is 26.0 Å². The summed E-state index contributed by atoms with van der Waals surface area (Å²) in [5.74, 6) is 0.363. The van der Waals surface area contributed by atoms with Crippen molar-refractivity contribution in [1.82, 2.24) is 5.32 Å². The summed E-state index contributed by atoms with van der Waals surface area (Å²) in [6, 6.07) is 5.36. The van der Waals surface area contributed by atoms with Gasteiger partial charge in [-0.15, -0.1) is 0 Å². The van der Waals surface area contributed by atoms with Crippen LogP contribution in [0.1, 0.15) is 38.9 Å². The molecule has 1 aromatic rings. The number of carbonyl (C=O) groups excluding carboxylic acids is 1. The van der Waals surface area contributed by atoms with Crippen LogP contribution < -0.4 is 10.1 Å². The molecule has 4 nitrogen and oxygen atoms in total. The summed E-state index contributed by atoms with van der Waals surface area (Å²) < 4.78 is 6.49. The molecule has 1 amide bonds. The van der Waals surface area contributed by atoms with Gasteiger partial charge in [-0.05, 0) is 32.4 Å². The largest absolute Gasteiger partial charge is 0.480 e. The lowest BCUT2D eigenvalue weighted by molar-refractivity contribution is -0.127. The van der Waals surface area contributed by atoms with Crippen LogP contribution in [0.15, 0.2) is 22.7 Å². The molecule has 106 valence electrons. The average molecular weight is 330 g/mol. The number of rotatable bonds is 6. The Kier molecular flexibility index (Phi) is 6.31. The molecule has 1 unspecified atom stereocenters. The fourth-order valence-electron chi connectivity index (χ4n) is 1.59. The van der Waals surface area contributed by atoms with Crippen LogP contribution >= 0.6 is 15.9 Å². The van der Waals surface area contributed by atoms with Crippen molar-refractivity contribution in [3.63, 3.8) is 0 Å². The number of aliphatic hydroxyl groups excluding tert-OH is 1. The first kappa shape index (κ1) is 16.0. The molecule has 1 aromatic carbocycles. The zero-order valence-corrected chi connectivity index (χ0v) is 13.0. The molecule has 0 saturated carbocycles. The predicted molar refractivity (Wildman–Crippen MR) is 78.2 cm³/mol. The Morgan fingerprint density at radius 1 is 1.47 bits per heavy atom. The lowest BCUT2D eigenvalue weighted by Crippen LogP contribution is -2.36. The third-order valence-corrected chi connectivity index (χ3v) is 3.14. The molecule has 2 N–H and O–H groups in total. The van der Waals surface area contributed by atoms with Crippen molar-refractivity contribution >= 4 is 21.8 Å². The van der Waals surface area contributed by atoms with E-state index in [0.717, 1.165) is 10.9 Å². The molecule has 0 heterocycles. The topological polar surface area (TPSA) is 58.6 Å². The first-order chi connectivity index (χ1) is 8.95. The van der Waals surface area contributed by atoms with Crippen molar-refractivity contribution in [2.75, 3.05) is 6.54 Å². The van der Waals surface area contributed by atoms with Crippen molar-refractivity contribution in [3.8, 4) is 5.75 Å². The molecule has 0 aliphatic heterocycles. The fraction of sp³-hybridized carbons (Fsp3) is 0.500. The van der Waals surface area contributed by atoms with Gasteiger partial charge < -0.3 is 15.2 Å². The Morgan fingerprint density at radius 3 is 2.74 bits per heavy atom. The van der Waals surface area contributed by atoms with E-state index in [2.05, 4.69) is 21.2 Å². The van der Waals surface area contributed by atoms with E-state index >= 15 is 0 Å². The zero-order chi connectivity index (χ0) is 14.4. The molecule has 0 saturated heterocycles. The van der Waals surface area contributed by atoms with Crippen molar-refractivity contribution in [3.05, 3.63) is 28.2 Å². The molecule has 19 heavy (non-hydrogen) atoms. The van der Waals surface area contributed by atoms with Gasteiger partial charge in [0.1, 0.15) is 5.75 Å². The second-order valence-corrected chi connectivity index (χ2v) is 5.32. The molecule has 0 bridgehead atoms. The van der Waals surface area contributed by atoms with Crippen LogP contribution in [0.4, 0.5) is 0 Å². The van der Waals surface area contributed by atoms with Crippen LogP contribution in [0.5, 0.6) is 5.75 Å². The Morgan fingerprint density at radius 2 is 2.16 bits per heavy atom. The molecule has 0 aliphatic carbocycles. The van der Waals surface area contributed by atoms with Gasteiger partial charge in [-0.1, -0.05) is 28.9 Å². The van der Waals surface area contributed by atoms with E-state index in [9.17, 15) is 9.90 Å². The Bertz CT molecular complexity index is 435. The molecule has 0 aliphatic rings. The number of amides is 1. The summed E-state index contributed by atoms with van der Waals surface area (Å²) in [5.41, 5.74) is 0.665. The normalized spacial score (nSPS) is 13.7. The Hall–Kier alpha value is -1.07. The summed E-state index contributed by atoms with van der Waals surface area (Å²) in [7, 11) is 0. The van der Waals surface area contributed by atoms with E-state index in [0.29, 0.717) is 17.9 Å². The summed E-state index contributed by atoms with van der Waals surface area (Å²) in [5, 5.41) is 12.5. The number of ether oxygens (including phenoxy) is 1. The average Bonchev–Trinajstić information content (AvgIpc) is 2.35. The molecule has 0 radical (unpaired) electrons. The number of carbonyl (C=O) groups is 1. The van der Waals surface area contributed by atoms with Gasteiger partial charge in [-0.3, -0.25) is 4.79 Å². The van der Waals surface area contributed by atoms with Gasteiger partial charge >= 0.3 is 0 Å². The number of hydrogen-bond donors (Lipinski definition) is 2. The van der Waals surface area contributed by atoms with Crippen LogP contribution in [-0.2, 0) is 4.79 Å². The minimum absolute atomic E-state index is 0.154. The summed E-state index contributed by atoms with van der Waals surface area (Å²) in [6.45, 7) is 5.98. The van der Waals surface area contributed by atoms with Crippen LogP contribution in [-0.4, -0.2) is 23.7 Å². The van der Waals surface area contributed by atoms with Gasteiger partial charge in [-0.2, -0.15) is 0 Å². The Labute approximate surface area is 122 Å². The third kappa shape index (κ3) is 4.84. The highest BCUT2D eigenvalue weighted by atomic mass is 79.9. The standard InChI is InChI=1S/C14H20BrNO3/c1-4-7-16-14(18)10(3)19-13-8-11(15)5-6-12(13)9(2)17/h5-6,8-10,17H,4,7H2,1-3H3,(H,16,18)/t9-,10?/m1/s1. The molecule has 1 rings (SSSR count). The van der Waals surface area contributed by atoms with E-state index in [1.807, 2.05) is 13.0 Å². The first-order valence-electron chi connectivity index (χ1n) is 6.37. The molecule has 0 spiro atoms. The van der Waals surface area contributed by atoms with Gasteiger partial charge in [-0.25, -0.2) is 0 Å². The zero-order valence-electron chi connectivity index (χ0n) is 11.4. The lowest BCUT2D eigenvalue weighted by Gasteiger charge is -2.18. The fourth-order valence-corrected chi connectivity index (χ4v) is 1.93. The predicted octanol–water partition coefficient (Wildman–Crippen LogP) is 2.80. The highest BCUT2D eigenvalue weighted by molar-refractivity contribution is 9.10. The molecule has 0 aromatic heterocycles. The van der Waals surface area contributed by atoms with Gasteiger partial charge in [0, 0.05) is 16.6 Å². The van der Waals surface area contributed by atoms with Gasteiger partial charge in [0.15, 0.2) is 6.10 Å². The quantitative estimate of drug-likeness (QED) is 0.843. The monoisotopic (exact) mass is 329 g/mol. The van der Waals surface area contributed by atoms with Gasteiger partial charge in [0.2, 0.25) is 0 Å². The number of nitrogens with one attached hydrogen (secondary N) is 1. The second-order valence-electron chi connectivity index (χ2n) is 4.41.